The monoisotopic (exact) mass is 149 g/mol. The Labute approximate surface area is 42.3 Å². The molecule has 2 nitrogen and oxygen atoms in total. The molecule has 0 radical (unpaired) electrons. The molecule has 1 aliphatic rings. The minimum atomic E-state index is 0.175. The van der Waals surface area contributed by atoms with Crippen molar-refractivity contribution in [2.24, 2.45) is 5.16 Å². The van der Waals surface area contributed by atoms with Crippen LogP contribution < -0.4 is 0 Å². The average molecular weight is 148 g/mol. The van der Waals surface area contributed by atoms with Crippen LogP contribution in [0.4, 0.5) is 0 Å². The van der Waals surface area contributed by atoms with E-state index in [4.69, 9.17) is 0 Å². The molecule has 1 rings (SSSR count). The molecule has 3 heteroatoms. The van der Waals surface area contributed by atoms with E-state index in [2.05, 4.69) is 9.08 Å². The molecule has 0 aromatic rings. The molecule has 1 aliphatic heterocycles. The zero-order chi connectivity index (χ0) is 4.24. The molecule has 0 saturated heterocycles. The Kier molecular flexibility index (Phi) is 1.30. The van der Waals surface area contributed by atoms with E-state index in [1.165, 1.54) is 0 Å². The molecule has 0 unspecified atom stereocenters. The van der Waals surface area contributed by atoms with Crippen LogP contribution in [0.25, 0.3) is 0 Å². The van der Waals surface area contributed by atoms with Gasteiger partial charge in [-0.05, 0) is 0 Å². The zero-order valence-electron chi connectivity index (χ0n) is 3.00. The fourth-order valence-electron chi connectivity index (χ4n) is 0.177. The first-order chi connectivity index (χ1) is 3.00. The summed E-state index contributed by atoms with van der Waals surface area (Å²) >= 11 is 0.175. The Balaban J connectivity index is 2.46. The van der Waals surface area contributed by atoms with Gasteiger partial charge >= 0.3 is 41.6 Å². The van der Waals surface area contributed by atoms with E-state index < -0.39 is 0 Å². The molecule has 1 heterocycles. The van der Waals surface area contributed by atoms with Gasteiger partial charge in [0.2, 0.25) is 0 Å². The Hall–Kier alpha value is -0.271. The SMILES string of the molecule is C1=C[Se]ON=C1. The van der Waals surface area contributed by atoms with Crippen molar-refractivity contribution in [1.29, 1.82) is 0 Å². The molecule has 0 aliphatic carbocycles. The Morgan fingerprint density at radius 2 is 2.67 bits per heavy atom. The second-order valence-electron chi connectivity index (χ2n) is 0.754. The molecule has 0 atom stereocenters. The van der Waals surface area contributed by atoms with E-state index in [-0.39, 0.29) is 15.3 Å². The molecule has 0 bridgehead atoms. The number of allylic oxidation sites excluding steroid dienone is 1. The van der Waals surface area contributed by atoms with Crippen LogP contribution in [0.15, 0.2) is 16.2 Å². The van der Waals surface area contributed by atoms with Crippen molar-refractivity contribution >= 4 is 21.5 Å². The first-order valence-electron chi connectivity index (χ1n) is 1.51. The normalized spacial score (nSPS) is 17.3. The number of nitrogens with zero attached hydrogens (tertiary/aromatic N) is 1. The summed E-state index contributed by atoms with van der Waals surface area (Å²) < 4.78 is 4.61. The van der Waals surface area contributed by atoms with Gasteiger partial charge in [0.25, 0.3) is 0 Å². The summed E-state index contributed by atoms with van der Waals surface area (Å²) in [6, 6.07) is 0. The van der Waals surface area contributed by atoms with Crippen LogP contribution in [0.2, 0.25) is 0 Å². The van der Waals surface area contributed by atoms with Crippen LogP contribution in [-0.2, 0) is 3.92 Å². The fraction of sp³-hybridized carbons (Fsp3) is 0. The summed E-state index contributed by atoms with van der Waals surface area (Å²) in [5.41, 5.74) is 0. The third-order valence-corrected chi connectivity index (χ3v) is 1.29. The molecule has 0 spiro atoms. The fourth-order valence-corrected chi connectivity index (χ4v) is 0.772. The van der Waals surface area contributed by atoms with E-state index in [9.17, 15) is 0 Å². The topological polar surface area (TPSA) is 21.6 Å². The van der Waals surface area contributed by atoms with Crippen molar-refractivity contribution < 1.29 is 3.92 Å². The minimum absolute atomic E-state index is 0.175. The van der Waals surface area contributed by atoms with Crippen molar-refractivity contribution in [2.45, 2.75) is 0 Å². The molecule has 0 aromatic heterocycles. The number of oxime groups is 1. The van der Waals surface area contributed by atoms with Gasteiger partial charge in [-0.3, -0.25) is 0 Å². The summed E-state index contributed by atoms with van der Waals surface area (Å²) in [5.74, 6) is 0. The van der Waals surface area contributed by atoms with Crippen molar-refractivity contribution in [3.8, 4) is 0 Å². The molecule has 0 fully saturated rings. The van der Waals surface area contributed by atoms with Gasteiger partial charge in [0, 0.05) is 0 Å². The van der Waals surface area contributed by atoms with E-state index in [0.29, 0.717) is 0 Å². The maximum absolute atomic E-state index is 4.61. The van der Waals surface area contributed by atoms with Crippen LogP contribution in [-0.4, -0.2) is 21.5 Å². The summed E-state index contributed by atoms with van der Waals surface area (Å²) in [7, 11) is 0. The number of rotatable bonds is 0. The van der Waals surface area contributed by atoms with E-state index in [0.717, 1.165) is 0 Å². The summed E-state index contributed by atoms with van der Waals surface area (Å²) in [5, 5.41) is 3.49. The van der Waals surface area contributed by atoms with Gasteiger partial charge in [-0.2, -0.15) is 0 Å². The van der Waals surface area contributed by atoms with Crippen molar-refractivity contribution in [1.82, 2.24) is 0 Å². The van der Waals surface area contributed by atoms with Gasteiger partial charge in [-0.15, -0.1) is 0 Å². The number of hydrogen-bond donors (Lipinski definition) is 0. The number of hydrogen-bond acceptors (Lipinski definition) is 2. The first-order valence-corrected chi connectivity index (χ1v) is 3.20. The molecule has 0 aromatic carbocycles. The van der Waals surface area contributed by atoms with Crippen molar-refractivity contribution in [3.63, 3.8) is 0 Å². The molecule has 0 amide bonds. The predicted octanol–water partition coefficient (Wildman–Crippen LogP) is 0.135. The summed E-state index contributed by atoms with van der Waals surface area (Å²) in [6.07, 6.45) is 3.51. The Morgan fingerprint density at radius 3 is 2.83 bits per heavy atom. The predicted molar refractivity (Wildman–Crippen MR) is 24.5 cm³/mol. The molecule has 0 N–H and O–H groups in total. The quantitative estimate of drug-likeness (QED) is 0.447. The van der Waals surface area contributed by atoms with Crippen LogP contribution in [0.3, 0.4) is 0 Å². The molecule has 0 saturated carbocycles. The van der Waals surface area contributed by atoms with Gasteiger partial charge in [0.1, 0.15) is 0 Å². The Bertz CT molecular complexity index is 76.8. The van der Waals surface area contributed by atoms with Gasteiger partial charge < -0.3 is 0 Å². The summed E-state index contributed by atoms with van der Waals surface area (Å²) in [6.45, 7) is 0. The van der Waals surface area contributed by atoms with Crippen LogP contribution in [0, 0.1) is 0 Å². The van der Waals surface area contributed by atoms with E-state index in [1.54, 1.807) is 6.21 Å². The second-order valence-corrected chi connectivity index (χ2v) is 2.04. The second kappa shape index (κ2) is 2.00. The molecule has 32 valence electrons. The van der Waals surface area contributed by atoms with E-state index in [1.807, 2.05) is 11.1 Å². The van der Waals surface area contributed by atoms with Gasteiger partial charge in [0.15, 0.2) is 0 Å². The average Bonchev–Trinajstić information content (AvgIpc) is 1.72. The maximum atomic E-state index is 4.61. The van der Waals surface area contributed by atoms with Gasteiger partial charge in [-0.1, -0.05) is 0 Å². The third-order valence-electron chi connectivity index (χ3n) is 0.367. The first kappa shape index (κ1) is 3.90. The third kappa shape index (κ3) is 0.846. The van der Waals surface area contributed by atoms with E-state index >= 15 is 0 Å². The molecular formula is C3H3NOSe. The van der Waals surface area contributed by atoms with Crippen molar-refractivity contribution in [2.75, 3.05) is 0 Å². The van der Waals surface area contributed by atoms with Crippen LogP contribution in [0.5, 0.6) is 0 Å². The zero-order valence-corrected chi connectivity index (χ0v) is 4.71. The summed E-state index contributed by atoms with van der Waals surface area (Å²) in [4.78, 5) is 1.96. The van der Waals surface area contributed by atoms with Crippen LogP contribution in [0.1, 0.15) is 0 Å². The van der Waals surface area contributed by atoms with Crippen LogP contribution >= 0.6 is 0 Å². The van der Waals surface area contributed by atoms with Crippen molar-refractivity contribution in [3.05, 3.63) is 11.1 Å². The molecule has 6 heavy (non-hydrogen) atoms. The van der Waals surface area contributed by atoms with Gasteiger partial charge in [-0.25, -0.2) is 0 Å². The Morgan fingerprint density at radius 1 is 1.67 bits per heavy atom. The van der Waals surface area contributed by atoms with Gasteiger partial charge in [0.05, 0.1) is 0 Å². The molecular weight excluding hydrogens is 145 g/mol. The standard InChI is InChI=1S/C3H3NOSe/c1-2-4-5-6-3-1/h1-3H.